The first-order chi connectivity index (χ1) is 26.7. The predicted octanol–water partition coefficient (Wildman–Crippen LogP) is 7.80. The van der Waals surface area contributed by atoms with Crippen LogP contribution in [0.25, 0.3) is 33.3 Å². The van der Waals surface area contributed by atoms with E-state index in [1.165, 1.54) is 14.1 Å². The smallest absolute Gasteiger partial charge is 0.330 e. The molecule has 14 heteroatoms. The Morgan fingerprint density at radius 3 is 2.43 bits per heavy atom. The van der Waals surface area contributed by atoms with E-state index in [9.17, 15) is 28.3 Å². The SMILES string of the molecule is COc1nc(-c2cccc(-c3cccc(Nc4nc(C(F)F)cc5c4c(=O)n(C)c(=O)n5C)c3C)c2Cl)cc2c1CCN(CCC13CCC(C(=O)O)(CC1)C3)C2. The number of hydrogen-bond donors (Lipinski definition) is 2. The van der Waals surface area contributed by atoms with E-state index in [-0.39, 0.29) is 22.1 Å². The molecule has 11 nitrogen and oxygen atoms in total. The molecule has 0 saturated heterocycles. The lowest BCUT2D eigenvalue weighted by atomic mass is 9.80. The molecule has 1 aliphatic heterocycles. The van der Waals surface area contributed by atoms with Crippen LogP contribution in [0.2, 0.25) is 5.02 Å². The summed E-state index contributed by atoms with van der Waals surface area (Å²) in [5.41, 5.74) is 4.05. The Labute approximate surface area is 326 Å². The van der Waals surface area contributed by atoms with Crippen molar-refractivity contribution in [2.24, 2.45) is 24.9 Å². The molecule has 0 spiro atoms. The highest BCUT2D eigenvalue weighted by atomic mass is 35.5. The van der Waals surface area contributed by atoms with Crippen molar-refractivity contribution in [2.45, 2.75) is 64.8 Å². The first kappa shape index (κ1) is 37.8. The zero-order valence-electron chi connectivity index (χ0n) is 31.7. The van der Waals surface area contributed by atoms with Gasteiger partial charge in [0.25, 0.3) is 12.0 Å². The van der Waals surface area contributed by atoms with E-state index >= 15 is 0 Å². The minimum atomic E-state index is -2.94. The molecule has 0 atom stereocenters. The van der Waals surface area contributed by atoms with Gasteiger partial charge in [0, 0.05) is 49.6 Å². The summed E-state index contributed by atoms with van der Waals surface area (Å²) in [6.45, 7) is 4.35. The number of nitrogens with one attached hydrogen (secondary N) is 1. The van der Waals surface area contributed by atoms with Crippen molar-refractivity contribution in [3.63, 3.8) is 0 Å². The molecule has 8 rings (SSSR count). The third-order valence-corrected chi connectivity index (χ3v) is 13.1. The van der Waals surface area contributed by atoms with Crippen LogP contribution in [0.15, 0.2) is 58.1 Å². The topological polar surface area (TPSA) is 132 Å². The predicted molar refractivity (Wildman–Crippen MR) is 211 cm³/mol. The average molecular weight is 785 g/mol. The van der Waals surface area contributed by atoms with Crippen molar-refractivity contribution in [3.8, 4) is 28.3 Å². The Morgan fingerprint density at radius 1 is 1.02 bits per heavy atom. The maximum atomic E-state index is 14.0. The Morgan fingerprint density at radius 2 is 1.73 bits per heavy atom. The molecule has 56 heavy (non-hydrogen) atoms. The van der Waals surface area contributed by atoms with Crippen LogP contribution in [-0.4, -0.2) is 55.3 Å². The molecular weight excluding hydrogens is 742 g/mol. The highest BCUT2D eigenvalue weighted by Gasteiger charge is 2.57. The van der Waals surface area contributed by atoms with E-state index in [0.717, 1.165) is 102 Å². The van der Waals surface area contributed by atoms with E-state index in [2.05, 4.69) is 21.3 Å². The van der Waals surface area contributed by atoms with Crippen molar-refractivity contribution < 1.29 is 23.4 Å². The van der Waals surface area contributed by atoms with Gasteiger partial charge in [-0.15, -0.1) is 0 Å². The number of halogens is 3. The summed E-state index contributed by atoms with van der Waals surface area (Å²) in [4.78, 5) is 49.5. The number of carboxylic acids is 1. The molecule has 2 N–H and O–H groups in total. The second kappa shape index (κ2) is 14.1. The molecule has 292 valence electrons. The van der Waals surface area contributed by atoms with Crippen LogP contribution in [0.5, 0.6) is 5.88 Å². The van der Waals surface area contributed by atoms with E-state index in [0.29, 0.717) is 33.4 Å². The van der Waals surface area contributed by atoms with Gasteiger partial charge in [0.15, 0.2) is 0 Å². The summed E-state index contributed by atoms with van der Waals surface area (Å²) in [7, 11) is 4.38. The number of ether oxygens (including phenoxy) is 1. The number of aliphatic carboxylic acids is 1. The van der Waals surface area contributed by atoms with Gasteiger partial charge in [-0.2, -0.15) is 0 Å². The van der Waals surface area contributed by atoms with Crippen molar-refractivity contribution in [2.75, 3.05) is 25.5 Å². The van der Waals surface area contributed by atoms with E-state index in [4.69, 9.17) is 21.3 Å². The molecule has 0 radical (unpaired) electrons. The van der Waals surface area contributed by atoms with E-state index in [1.807, 2.05) is 31.2 Å². The lowest BCUT2D eigenvalue weighted by Gasteiger charge is -2.33. The Balaban J connectivity index is 1.10. The van der Waals surface area contributed by atoms with E-state index < -0.39 is 34.8 Å². The van der Waals surface area contributed by atoms with Gasteiger partial charge >= 0.3 is 11.7 Å². The zero-order valence-corrected chi connectivity index (χ0v) is 32.5. The number of methoxy groups -OCH3 is 1. The van der Waals surface area contributed by atoms with Crippen LogP contribution in [0, 0.1) is 17.8 Å². The van der Waals surface area contributed by atoms with Gasteiger partial charge in [-0.3, -0.25) is 23.6 Å². The van der Waals surface area contributed by atoms with Crippen LogP contribution in [0.4, 0.5) is 20.3 Å². The third kappa shape index (κ3) is 6.25. The highest BCUT2D eigenvalue weighted by Crippen LogP contribution is 2.63. The maximum absolute atomic E-state index is 14.0. The zero-order chi connectivity index (χ0) is 39.7. The molecule has 3 aromatic heterocycles. The fraction of sp³-hybridized carbons (Fsp3) is 0.405. The highest BCUT2D eigenvalue weighted by molar-refractivity contribution is 6.36. The minimum absolute atomic E-state index is 0.00630. The summed E-state index contributed by atoms with van der Waals surface area (Å²) in [5, 5.41) is 13.5. The molecule has 4 heterocycles. The fourth-order valence-electron chi connectivity index (χ4n) is 9.39. The Bertz CT molecular complexity index is 2540. The van der Waals surface area contributed by atoms with Gasteiger partial charge in [-0.1, -0.05) is 41.9 Å². The van der Waals surface area contributed by atoms with Crippen LogP contribution >= 0.6 is 11.6 Å². The molecule has 2 bridgehead atoms. The van der Waals surface area contributed by atoms with Gasteiger partial charge < -0.3 is 15.2 Å². The van der Waals surface area contributed by atoms with Crippen LogP contribution in [0.1, 0.15) is 67.3 Å². The number of aromatic nitrogens is 4. The molecule has 2 aliphatic carbocycles. The maximum Gasteiger partial charge on any atom is 0.330 e. The van der Waals surface area contributed by atoms with Gasteiger partial charge in [0.1, 0.15) is 16.9 Å². The van der Waals surface area contributed by atoms with Gasteiger partial charge in [-0.05, 0) is 98.7 Å². The van der Waals surface area contributed by atoms with Gasteiger partial charge in [0.05, 0.1) is 28.8 Å². The summed E-state index contributed by atoms with van der Waals surface area (Å²) >= 11 is 7.24. The quantitative estimate of drug-likeness (QED) is 0.146. The minimum Gasteiger partial charge on any atom is -0.481 e. The van der Waals surface area contributed by atoms with Crippen LogP contribution < -0.4 is 21.3 Å². The lowest BCUT2D eigenvalue weighted by molar-refractivity contribution is -0.148. The molecule has 2 fully saturated rings. The number of carbonyl (C=O) groups is 1. The molecular formula is C42H43ClF2N6O5. The second-order valence-electron chi connectivity index (χ2n) is 15.8. The van der Waals surface area contributed by atoms with Crippen LogP contribution in [0.3, 0.4) is 0 Å². The molecule has 0 amide bonds. The summed E-state index contributed by atoms with van der Waals surface area (Å²) in [6, 6.07) is 14.3. The lowest BCUT2D eigenvalue weighted by Crippen LogP contribution is -2.37. The monoisotopic (exact) mass is 784 g/mol. The molecule has 2 aromatic carbocycles. The largest absolute Gasteiger partial charge is 0.481 e. The Hall–Kier alpha value is -5.14. The number of carboxylic acid groups (broad SMARTS) is 1. The number of aryl methyl sites for hydroxylation is 1. The van der Waals surface area contributed by atoms with E-state index in [1.54, 1.807) is 19.2 Å². The standard InChI is InChI=1S/C42H43ClF2N6O5/c1-23-25(7-6-10-29(23)46-36-33-32(20-31(47-36)35(44)45)49(2)40(55)50(3)38(33)52)27-8-5-9-28(34(27)43)30-19-24-21-51(17-11-26(24)37(48-30)56-4)18-16-41-12-14-42(22-41,15-13-41)39(53)54/h5-10,19-20,35H,11-18,21-22H2,1-4H3,(H,46,47)(H,53,54). The summed E-state index contributed by atoms with van der Waals surface area (Å²) in [5.74, 6) is -0.162. The molecule has 3 aliphatic rings. The number of nitrogens with zero attached hydrogens (tertiary/aromatic N) is 5. The second-order valence-corrected chi connectivity index (χ2v) is 16.1. The number of hydrogen-bond acceptors (Lipinski definition) is 8. The first-order valence-corrected chi connectivity index (χ1v) is 19.2. The Kier molecular flexibility index (Phi) is 9.51. The number of benzene rings is 2. The number of anilines is 2. The number of fused-ring (bicyclic) bond motifs is 4. The summed E-state index contributed by atoms with van der Waals surface area (Å²) < 4.78 is 35.9. The molecule has 0 unspecified atom stereocenters. The van der Waals surface area contributed by atoms with Crippen molar-refractivity contribution in [3.05, 3.63) is 96.8 Å². The van der Waals surface area contributed by atoms with Crippen molar-refractivity contribution >= 4 is 40.0 Å². The third-order valence-electron chi connectivity index (χ3n) is 12.7. The number of pyridine rings is 2. The van der Waals surface area contributed by atoms with Gasteiger partial charge in [0.2, 0.25) is 5.88 Å². The van der Waals surface area contributed by atoms with Gasteiger partial charge in [-0.25, -0.2) is 23.5 Å². The normalized spacial score (nSPS) is 20.5. The van der Waals surface area contributed by atoms with Crippen molar-refractivity contribution in [1.29, 1.82) is 0 Å². The number of rotatable bonds is 10. The first-order valence-electron chi connectivity index (χ1n) is 18.8. The molecule has 2 saturated carbocycles. The number of alkyl halides is 2. The van der Waals surface area contributed by atoms with Crippen LogP contribution in [-0.2, 0) is 31.9 Å². The fourth-order valence-corrected chi connectivity index (χ4v) is 9.71. The summed E-state index contributed by atoms with van der Waals surface area (Å²) in [6.07, 6.45) is 3.17. The van der Waals surface area contributed by atoms with Crippen molar-refractivity contribution in [1.82, 2.24) is 24.0 Å². The average Bonchev–Trinajstić information content (AvgIpc) is 3.77. The molecule has 5 aromatic rings.